The van der Waals surface area contributed by atoms with Gasteiger partial charge in [-0.1, -0.05) is 53.5 Å². The fourth-order valence-electron chi connectivity index (χ4n) is 1.75. The summed E-state index contributed by atoms with van der Waals surface area (Å²) in [7, 11) is 0. The molecule has 17 heavy (non-hydrogen) atoms. The highest BCUT2D eigenvalue weighted by molar-refractivity contribution is 6.33. The van der Waals surface area contributed by atoms with Gasteiger partial charge in [0, 0.05) is 10.0 Å². The Kier molecular flexibility index (Phi) is 4.02. The number of nitrogens with one attached hydrogen (secondary N) is 1. The number of hydrogen-bond acceptors (Lipinski definition) is 2. The minimum absolute atomic E-state index is 0.164. The highest BCUT2D eigenvalue weighted by Gasteiger charge is 2.15. The molecule has 0 aliphatic rings. The number of hydrazine groups is 1. The third-order valence-electron chi connectivity index (χ3n) is 2.57. The van der Waals surface area contributed by atoms with Gasteiger partial charge in [-0.15, -0.1) is 0 Å². The van der Waals surface area contributed by atoms with Crippen LogP contribution in [0.1, 0.15) is 17.2 Å². The zero-order valence-corrected chi connectivity index (χ0v) is 10.5. The van der Waals surface area contributed by atoms with E-state index in [4.69, 9.17) is 29.0 Å². The van der Waals surface area contributed by atoms with E-state index in [0.29, 0.717) is 10.0 Å². The molecule has 0 aliphatic carbocycles. The normalized spacial score (nSPS) is 12.4. The summed E-state index contributed by atoms with van der Waals surface area (Å²) in [6, 6.07) is 15.0. The van der Waals surface area contributed by atoms with Gasteiger partial charge in [-0.05, 0) is 29.3 Å². The third kappa shape index (κ3) is 2.79. The Labute approximate surface area is 110 Å². The number of rotatable bonds is 3. The van der Waals surface area contributed by atoms with Crippen molar-refractivity contribution >= 4 is 23.2 Å². The maximum atomic E-state index is 6.17. The lowest BCUT2D eigenvalue weighted by molar-refractivity contribution is 0.637. The van der Waals surface area contributed by atoms with Crippen molar-refractivity contribution < 1.29 is 0 Å². The molecule has 2 aromatic carbocycles. The van der Waals surface area contributed by atoms with Crippen molar-refractivity contribution in [2.45, 2.75) is 6.04 Å². The maximum Gasteiger partial charge on any atom is 0.0725 e. The number of benzene rings is 2. The second kappa shape index (κ2) is 5.52. The summed E-state index contributed by atoms with van der Waals surface area (Å²) in [5.41, 5.74) is 4.67. The molecule has 2 rings (SSSR count). The van der Waals surface area contributed by atoms with Gasteiger partial charge in [-0.3, -0.25) is 5.84 Å². The minimum Gasteiger partial charge on any atom is -0.271 e. The Balaban J connectivity index is 2.46. The topological polar surface area (TPSA) is 38.0 Å². The number of hydrogen-bond donors (Lipinski definition) is 2. The van der Waals surface area contributed by atoms with Gasteiger partial charge in [0.05, 0.1) is 6.04 Å². The van der Waals surface area contributed by atoms with E-state index in [0.717, 1.165) is 11.1 Å². The first-order valence-electron chi connectivity index (χ1n) is 5.18. The SMILES string of the molecule is NNC(c1ccccc1)c1cc(Cl)ccc1Cl. The lowest BCUT2D eigenvalue weighted by Gasteiger charge is -2.18. The number of halogens is 2. The van der Waals surface area contributed by atoms with Crippen LogP contribution in [0.25, 0.3) is 0 Å². The summed E-state index contributed by atoms with van der Waals surface area (Å²) < 4.78 is 0. The highest BCUT2D eigenvalue weighted by Crippen LogP contribution is 2.29. The first-order valence-corrected chi connectivity index (χ1v) is 5.94. The zero-order chi connectivity index (χ0) is 12.3. The van der Waals surface area contributed by atoms with E-state index >= 15 is 0 Å². The van der Waals surface area contributed by atoms with Crippen molar-refractivity contribution in [2.75, 3.05) is 0 Å². The van der Waals surface area contributed by atoms with Crippen LogP contribution in [-0.2, 0) is 0 Å². The summed E-state index contributed by atoms with van der Waals surface area (Å²) in [4.78, 5) is 0. The molecule has 0 aromatic heterocycles. The quantitative estimate of drug-likeness (QED) is 0.659. The standard InChI is InChI=1S/C13H12Cl2N2/c14-10-6-7-12(15)11(8-10)13(17-16)9-4-2-1-3-5-9/h1-8,13,17H,16H2. The van der Waals surface area contributed by atoms with Crippen LogP contribution in [0.5, 0.6) is 0 Å². The predicted molar refractivity (Wildman–Crippen MR) is 72.1 cm³/mol. The van der Waals surface area contributed by atoms with Crippen LogP contribution in [0, 0.1) is 0 Å². The van der Waals surface area contributed by atoms with Gasteiger partial charge in [-0.25, -0.2) is 5.43 Å². The molecule has 88 valence electrons. The maximum absolute atomic E-state index is 6.17. The van der Waals surface area contributed by atoms with Crippen LogP contribution >= 0.6 is 23.2 Å². The largest absolute Gasteiger partial charge is 0.271 e. The average Bonchev–Trinajstić information content (AvgIpc) is 2.36. The molecule has 4 heteroatoms. The van der Waals surface area contributed by atoms with Gasteiger partial charge in [0.25, 0.3) is 0 Å². The monoisotopic (exact) mass is 266 g/mol. The molecule has 2 nitrogen and oxygen atoms in total. The first kappa shape index (κ1) is 12.4. The molecule has 0 aliphatic heterocycles. The summed E-state index contributed by atoms with van der Waals surface area (Å²) >= 11 is 12.1. The van der Waals surface area contributed by atoms with Crippen molar-refractivity contribution in [3.63, 3.8) is 0 Å². The molecule has 1 unspecified atom stereocenters. The summed E-state index contributed by atoms with van der Waals surface area (Å²) in [6.07, 6.45) is 0. The molecular weight excluding hydrogens is 255 g/mol. The van der Waals surface area contributed by atoms with Crippen LogP contribution < -0.4 is 11.3 Å². The molecule has 0 spiro atoms. The molecule has 3 N–H and O–H groups in total. The van der Waals surface area contributed by atoms with E-state index in [-0.39, 0.29) is 6.04 Å². The third-order valence-corrected chi connectivity index (χ3v) is 3.15. The Morgan fingerprint density at radius 1 is 1.00 bits per heavy atom. The van der Waals surface area contributed by atoms with Crippen molar-refractivity contribution in [3.8, 4) is 0 Å². The minimum atomic E-state index is -0.164. The average molecular weight is 267 g/mol. The Morgan fingerprint density at radius 2 is 1.71 bits per heavy atom. The van der Waals surface area contributed by atoms with Crippen molar-refractivity contribution in [1.82, 2.24) is 5.43 Å². The fraction of sp³-hybridized carbons (Fsp3) is 0.0769. The molecule has 0 saturated heterocycles. The Bertz CT molecular complexity index is 500. The molecule has 0 fully saturated rings. The summed E-state index contributed by atoms with van der Waals surface area (Å²) in [6.45, 7) is 0. The zero-order valence-electron chi connectivity index (χ0n) is 9.03. The second-order valence-corrected chi connectivity index (χ2v) is 4.52. The predicted octanol–water partition coefficient (Wildman–Crippen LogP) is 3.55. The van der Waals surface area contributed by atoms with Crippen molar-refractivity contribution in [2.24, 2.45) is 5.84 Å². The van der Waals surface area contributed by atoms with Gasteiger partial charge in [0.2, 0.25) is 0 Å². The molecule has 0 radical (unpaired) electrons. The fourth-order valence-corrected chi connectivity index (χ4v) is 2.15. The van der Waals surface area contributed by atoms with E-state index in [1.165, 1.54) is 0 Å². The molecule has 0 saturated carbocycles. The Hall–Kier alpha value is -1.06. The molecule has 2 aromatic rings. The van der Waals surface area contributed by atoms with E-state index in [2.05, 4.69) is 5.43 Å². The van der Waals surface area contributed by atoms with E-state index in [9.17, 15) is 0 Å². The molecule has 0 amide bonds. The van der Waals surface area contributed by atoms with Crippen LogP contribution in [0.3, 0.4) is 0 Å². The van der Waals surface area contributed by atoms with Crippen LogP contribution in [0.4, 0.5) is 0 Å². The molecular formula is C13H12Cl2N2. The lowest BCUT2D eigenvalue weighted by atomic mass is 9.99. The van der Waals surface area contributed by atoms with Crippen LogP contribution in [0.15, 0.2) is 48.5 Å². The van der Waals surface area contributed by atoms with Gasteiger partial charge in [0.1, 0.15) is 0 Å². The van der Waals surface area contributed by atoms with Gasteiger partial charge in [-0.2, -0.15) is 0 Å². The van der Waals surface area contributed by atoms with E-state index in [1.807, 2.05) is 36.4 Å². The summed E-state index contributed by atoms with van der Waals surface area (Å²) in [5.74, 6) is 5.60. The van der Waals surface area contributed by atoms with E-state index in [1.54, 1.807) is 12.1 Å². The smallest absolute Gasteiger partial charge is 0.0725 e. The van der Waals surface area contributed by atoms with Crippen molar-refractivity contribution in [3.05, 3.63) is 69.7 Å². The van der Waals surface area contributed by atoms with Crippen LogP contribution in [-0.4, -0.2) is 0 Å². The molecule has 0 bridgehead atoms. The Morgan fingerprint density at radius 3 is 2.35 bits per heavy atom. The van der Waals surface area contributed by atoms with Crippen molar-refractivity contribution in [1.29, 1.82) is 0 Å². The first-order chi connectivity index (χ1) is 8.22. The highest BCUT2D eigenvalue weighted by atomic mass is 35.5. The summed E-state index contributed by atoms with van der Waals surface area (Å²) in [5, 5.41) is 1.28. The number of nitrogens with two attached hydrogens (primary N) is 1. The van der Waals surface area contributed by atoms with E-state index < -0.39 is 0 Å². The second-order valence-electron chi connectivity index (χ2n) is 3.68. The van der Waals surface area contributed by atoms with Gasteiger partial charge in [0.15, 0.2) is 0 Å². The molecule has 1 atom stereocenters. The van der Waals surface area contributed by atoms with Gasteiger partial charge >= 0.3 is 0 Å². The molecule has 0 heterocycles. The lowest BCUT2D eigenvalue weighted by Crippen LogP contribution is -2.29. The van der Waals surface area contributed by atoms with Gasteiger partial charge < -0.3 is 0 Å². The van der Waals surface area contributed by atoms with Crippen LogP contribution in [0.2, 0.25) is 10.0 Å².